The molecule has 2 rings (SSSR count). The fourth-order valence-electron chi connectivity index (χ4n) is 1.55. The second-order valence-corrected chi connectivity index (χ2v) is 4.04. The van der Waals surface area contributed by atoms with Crippen molar-refractivity contribution in [3.63, 3.8) is 0 Å². The molecule has 0 fully saturated rings. The van der Waals surface area contributed by atoms with E-state index < -0.39 is 5.97 Å². The highest BCUT2D eigenvalue weighted by Gasteiger charge is 2.15. The third-order valence-corrected chi connectivity index (χ3v) is 2.49. The van der Waals surface area contributed by atoms with Crippen LogP contribution in [0.15, 0.2) is 30.7 Å². The Hall–Kier alpha value is -2.70. The van der Waals surface area contributed by atoms with Gasteiger partial charge in [0.25, 0.3) is 5.91 Å². The first-order valence-corrected chi connectivity index (χ1v) is 5.45. The molecule has 0 aliphatic carbocycles. The summed E-state index contributed by atoms with van der Waals surface area (Å²) in [5.74, 6) is -1.34. The summed E-state index contributed by atoms with van der Waals surface area (Å²) < 4.78 is 1.35. The number of aromatic carboxylic acids is 1. The predicted molar refractivity (Wildman–Crippen MR) is 66.3 cm³/mol. The Morgan fingerprint density at radius 3 is 2.68 bits per heavy atom. The number of amides is 1. The van der Waals surface area contributed by atoms with E-state index in [1.54, 1.807) is 20.3 Å². The number of nitrogens with zero attached hydrogens (tertiary/aromatic N) is 4. The largest absolute Gasteiger partial charge is 0.478 e. The molecule has 7 heteroatoms. The molecule has 2 aromatic rings. The highest BCUT2D eigenvalue weighted by molar-refractivity contribution is 5.93. The Balaban J connectivity index is 2.44. The monoisotopic (exact) mass is 260 g/mol. The minimum Gasteiger partial charge on any atom is -0.478 e. The molecule has 1 N–H and O–H groups in total. The second-order valence-electron chi connectivity index (χ2n) is 4.04. The standard InChI is InChI=1S/C12H12N4O3/c1-15(2)11(17)9-4-6-16(14-9)10-3-5-13-7-8(10)12(18)19/h3-7H,1-2H3,(H,18,19). The molecule has 0 radical (unpaired) electrons. The van der Waals surface area contributed by atoms with E-state index in [0.717, 1.165) is 0 Å². The molecule has 0 aliphatic heterocycles. The van der Waals surface area contributed by atoms with Gasteiger partial charge in [-0.05, 0) is 12.1 Å². The van der Waals surface area contributed by atoms with E-state index in [4.69, 9.17) is 5.11 Å². The number of carboxylic acids is 1. The Labute approximate surface area is 109 Å². The van der Waals surface area contributed by atoms with Gasteiger partial charge in [-0.15, -0.1) is 0 Å². The third-order valence-electron chi connectivity index (χ3n) is 2.49. The summed E-state index contributed by atoms with van der Waals surface area (Å²) in [4.78, 5) is 28.0. The third kappa shape index (κ3) is 2.44. The molecule has 0 saturated heterocycles. The van der Waals surface area contributed by atoms with E-state index in [1.807, 2.05) is 0 Å². The van der Waals surface area contributed by atoms with Crippen LogP contribution < -0.4 is 0 Å². The van der Waals surface area contributed by atoms with Crippen LogP contribution in [0.1, 0.15) is 20.8 Å². The topological polar surface area (TPSA) is 88.3 Å². The Morgan fingerprint density at radius 1 is 1.32 bits per heavy atom. The van der Waals surface area contributed by atoms with E-state index in [-0.39, 0.29) is 17.2 Å². The van der Waals surface area contributed by atoms with Crippen LogP contribution in [0.25, 0.3) is 5.69 Å². The van der Waals surface area contributed by atoms with Gasteiger partial charge >= 0.3 is 5.97 Å². The van der Waals surface area contributed by atoms with Crippen LogP contribution in [-0.4, -0.2) is 50.7 Å². The molecule has 0 bridgehead atoms. The Bertz CT molecular complexity index is 633. The molecule has 2 heterocycles. The zero-order valence-corrected chi connectivity index (χ0v) is 10.4. The van der Waals surface area contributed by atoms with Crippen LogP contribution in [0.4, 0.5) is 0 Å². The van der Waals surface area contributed by atoms with Crippen LogP contribution in [0.2, 0.25) is 0 Å². The van der Waals surface area contributed by atoms with Crippen molar-refractivity contribution in [2.24, 2.45) is 0 Å². The van der Waals surface area contributed by atoms with Gasteiger partial charge < -0.3 is 10.0 Å². The normalized spacial score (nSPS) is 10.2. The number of hydrogen-bond acceptors (Lipinski definition) is 4. The van der Waals surface area contributed by atoms with E-state index >= 15 is 0 Å². The molecule has 0 aromatic carbocycles. The van der Waals surface area contributed by atoms with Crippen LogP contribution in [0.3, 0.4) is 0 Å². The van der Waals surface area contributed by atoms with Gasteiger partial charge in [-0.2, -0.15) is 5.10 Å². The summed E-state index contributed by atoms with van der Waals surface area (Å²) >= 11 is 0. The minimum atomic E-state index is -1.10. The second kappa shape index (κ2) is 4.89. The average Bonchev–Trinajstić information content (AvgIpc) is 2.87. The van der Waals surface area contributed by atoms with Crippen LogP contribution in [-0.2, 0) is 0 Å². The lowest BCUT2D eigenvalue weighted by molar-refractivity contribution is 0.0696. The van der Waals surface area contributed by atoms with E-state index in [9.17, 15) is 9.59 Å². The van der Waals surface area contributed by atoms with Crippen molar-refractivity contribution < 1.29 is 14.7 Å². The predicted octanol–water partition coefficient (Wildman–Crippen LogP) is 0.667. The van der Waals surface area contributed by atoms with Gasteiger partial charge in [0.15, 0.2) is 5.69 Å². The number of pyridine rings is 1. The van der Waals surface area contributed by atoms with Crippen LogP contribution in [0, 0.1) is 0 Å². The van der Waals surface area contributed by atoms with Gasteiger partial charge in [-0.1, -0.05) is 0 Å². The van der Waals surface area contributed by atoms with E-state index in [2.05, 4.69) is 10.1 Å². The van der Waals surface area contributed by atoms with Gasteiger partial charge in [0, 0.05) is 32.7 Å². The molecular weight excluding hydrogens is 248 g/mol. The summed E-state index contributed by atoms with van der Waals surface area (Å²) in [6.07, 6.45) is 4.25. The van der Waals surface area contributed by atoms with Crippen molar-refractivity contribution in [2.45, 2.75) is 0 Å². The summed E-state index contributed by atoms with van der Waals surface area (Å²) in [6.45, 7) is 0. The van der Waals surface area contributed by atoms with Crippen molar-refractivity contribution >= 4 is 11.9 Å². The van der Waals surface area contributed by atoms with Crippen molar-refractivity contribution in [1.82, 2.24) is 19.7 Å². The summed E-state index contributed by atoms with van der Waals surface area (Å²) in [6, 6.07) is 3.06. The molecule has 0 saturated carbocycles. The SMILES string of the molecule is CN(C)C(=O)c1ccn(-c2ccncc2C(=O)O)n1. The summed E-state index contributed by atoms with van der Waals surface area (Å²) in [5, 5.41) is 13.2. The number of carbonyl (C=O) groups excluding carboxylic acids is 1. The number of rotatable bonds is 3. The fourth-order valence-corrected chi connectivity index (χ4v) is 1.55. The van der Waals surface area contributed by atoms with Gasteiger partial charge in [0.1, 0.15) is 5.56 Å². The quantitative estimate of drug-likeness (QED) is 0.876. The van der Waals surface area contributed by atoms with Gasteiger partial charge in [0.2, 0.25) is 0 Å². The van der Waals surface area contributed by atoms with Gasteiger partial charge in [-0.3, -0.25) is 9.78 Å². The zero-order chi connectivity index (χ0) is 14.0. The maximum Gasteiger partial charge on any atom is 0.339 e. The van der Waals surface area contributed by atoms with Crippen molar-refractivity contribution in [2.75, 3.05) is 14.1 Å². The summed E-state index contributed by atoms with van der Waals surface area (Å²) in [7, 11) is 3.24. The molecule has 0 atom stereocenters. The van der Waals surface area contributed by atoms with E-state index in [0.29, 0.717) is 5.69 Å². The minimum absolute atomic E-state index is 0.0226. The smallest absolute Gasteiger partial charge is 0.339 e. The lowest BCUT2D eigenvalue weighted by atomic mass is 10.2. The number of carboxylic acid groups (broad SMARTS) is 1. The molecule has 0 aliphatic rings. The molecule has 2 aromatic heterocycles. The van der Waals surface area contributed by atoms with Crippen molar-refractivity contribution in [3.8, 4) is 5.69 Å². The Morgan fingerprint density at radius 2 is 2.05 bits per heavy atom. The van der Waals surface area contributed by atoms with Crippen molar-refractivity contribution in [1.29, 1.82) is 0 Å². The lowest BCUT2D eigenvalue weighted by Crippen LogP contribution is -2.22. The summed E-state index contributed by atoms with van der Waals surface area (Å²) in [5.41, 5.74) is 0.632. The highest BCUT2D eigenvalue weighted by Crippen LogP contribution is 2.13. The van der Waals surface area contributed by atoms with Crippen LogP contribution in [0.5, 0.6) is 0 Å². The molecule has 19 heavy (non-hydrogen) atoms. The van der Waals surface area contributed by atoms with Crippen LogP contribution >= 0.6 is 0 Å². The average molecular weight is 260 g/mol. The first-order chi connectivity index (χ1) is 9.00. The van der Waals surface area contributed by atoms with Gasteiger partial charge in [-0.25, -0.2) is 9.48 Å². The molecule has 1 amide bonds. The molecule has 0 spiro atoms. The lowest BCUT2D eigenvalue weighted by Gasteiger charge is -2.07. The number of hydrogen-bond donors (Lipinski definition) is 1. The van der Waals surface area contributed by atoms with E-state index in [1.165, 1.54) is 34.1 Å². The first kappa shape index (κ1) is 12.7. The van der Waals surface area contributed by atoms with Gasteiger partial charge in [0.05, 0.1) is 5.69 Å². The first-order valence-electron chi connectivity index (χ1n) is 5.45. The fraction of sp³-hybridized carbons (Fsp3) is 0.167. The number of carbonyl (C=O) groups is 2. The maximum absolute atomic E-state index is 11.7. The Kier molecular flexibility index (Phi) is 3.28. The maximum atomic E-state index is 11.7. The molecule has 98 valence electrons. The highest BCUT2D eigenvalue weighted by atomic mass is 16.4. The number of aromatic nitrogens is 3. The molecule has 7 nitrogen and oxygen atoms in total. The van der Waals surface area contributed by atoms with Crippen molar-refractivity contribution in [3.05, 3.63) is 42.0 Å². The zero-order valence-electron chi connectivity index (χ0n) is 10.4. The molecule has 0 unspecified atom stereocenters. The molecular formula is C12H12N4O3.